The number of amides is 3. The molecule has 0 bridgehead atoms. The van der Waals surface area contributed by atoms with Gasteiger partial charge in [-0.25, -0.2) is 9.59 Å². The van der Waals surface area contributed by atoms with Crippen molar-refractivity contribution in [2.75, 3.05) is 23.8 Å². The van der Waals surface area contributed by atoms with Crippen LogP contribution in [0.25, 0.3) is 0 Å². The van der Waals surface area contributed by atoms with Crippen molar-refractivity contribution >= 4 is 29.3 Å². The minimum absolute atomic E-state index is 0.0289. The summed E-state index contributed by atoms with van der Waals surface area (Å²) >= 11 is 0. The fourth-order valence-electron chi connectivity index (χ4n) is 4.46. The zero-order valence-electron chi connectivity index (χ0n) is 21.0. The van der Waals surface area contributed by atoms with Crippen LogP contribution < -0.4 is 15.4 Å². The second kappa shape index (κ2) is 11.6. The van der Waals surface area contributed by atoms with Crippen molar-refractivity contribution in [1.29, 1.82) is 0 Å². The van der Waals surface area contributed by atoms with Gasteiger partial charge in [0.05, 0.1) is 18.0 Å². The minimum Gasteiger partial charge on any atom is -0.491 e. The first-order valence-corrected chi connectivity index (χ1v) is 12.3. The van der Waals surface area contributed by atoms with Crippen molar-refractivity contribution in [1.82, 2.24) is 4.90 Å². The van der Waals surface area contributed by atoms with Gasteiger partial charge in [-0.15, -0.1) is 0 Å². The SMILES string of the molecule is Cc1ccccc1NC(=O)Nc1ccc(CC(=O)N2CCC[C@H]2COc2ccc(C(=O)O)cc2)cc1C. The second-order valence-electron chi connectivity index (χ2n) is 9.24. The number of likely N-dealkylation sites (tertiary alicyclic amines) is 1. The van der Waals surface area contributed by atoms with Crippen LogP contribution in [0.15, 0.2) is 66.7 Å². The number of aromatic carboxylic acids is 1. The van der Waals surface area contributed by atoms with Crippen LogP contribution in [0.4, 0.5) is 16.2 Å². The van der Waals surface area contributed by atoms with Gasteiger partial charge in [0.25, 0.3) is 0 Å². The molecule has 1 aliphatic rings. The number of aryl methyl sites for hydroxylation is 2. The third-order valence-corrected chi connectivity index (χ3v) is 6.53. The van der Waals surface area contributed by atoms with E-state index in [1.165, 1.54) is 12.1 Å². The van der Waals surface area contributed by atoms with E-state index >= 15 is 0 Å². The first kappa shape index (κ1) is 25.8. The van der Waals surface area contributed by atoms with Gasteiger partial charge >= 0.3 is 12.0 Å². The number of para-hydroxylation sites is 1. The predicted molar refractivity (Wildman–Crippen MR) is 142 cm³/mol. The Kier molecular flexibility index (Phi) is 8.08. The average molecular weight is 502 g/mol. The fraction of sp³-hybridized carbons (Fsp3) is 0.276. The van der Waals surface area contributed by atoms with Crippen molar-refractivity contribution in [2.45, 2.75) is 39.2 Å². The Morgan fingerprint density at radius 3 is 2.32 bits per heavy atom. The maximum atomic E-state index is 13.1. The van der Waals surface area contributed by atoms with E-state index in [1.807, 2.05) is 61.2 Å². The molecule has 37 heavy (non-hydrogen) atoms. The summed E-state index contributed by atoms with van der Waals surface area (Å²) in [5.74, 6) is -0.372. The Labute approximate surface area is 216 Å². The smallest absolute Gasteiger partial charge is 0.335 e. The molecule has 3 aromatic rings. The Bertz CT molecular complexity index is 1290. The summed E-state index contributed by atoms with van der Waals surface area (Å²) in [4.78, 5) is 38.4. The molecule has 0 aromatic heterocycles. The molecule has 8 heteroatoms. The number of nitrogens with zero attached hydrogens (tertiary/aromatic N) is 1. The molecule has 0 saturated carbocycles. The van der Waals surface area contributed by atoms with Gasteiger partial charge in [0.15, 0.2) is 0 Å². The van der Waals surface area contributed by atoms with Gasteiger partial charge in [-0.3, -0.25) is 4.79 Å². The van der Waals surface area contributed by atoms with Crippen molar-refractivity contribution in [2.24, 2.45) is 0 Å². The highest BCUT2D eigenvalue weighted by Gasteiger charge is 2.29. The number of rotatable bonds is 8. The number of carboxylic acids is 1. The summed E-state index contributed by atoms with van der Waals surface area (Å²) in [5, 5.41) is 14.8. The van der Waals surface area contributed by atoms with Crippen molar-refractivity contribution in [3.8, 4) is 5.75 Å². The minimum atomic E-state index is -0.983. The number of anilines is 2. The normalized spacial score (nSPS) is 14.8. The van der Waals surface area contributed by atoms with E-state index in [1.54, 1.807) is 12.1 Å². The highest BCUT2D eigenvalue weighted by Crippen LogP contribution is 2.23. The fourth-order valence-corrected chi connectivity index (χ4v) is 4.46. The van der Waals surface area contributed by atoms with Crippen LogP contribution in [0.5, 0.6) is 5.75 Å². The van der Waals surface area contributed by atoms with E-state index in [9.17, 15) is 14.4 Å². The summed E-state index contributed by atoms with van der Waals surface area (Å²) in [6.45, 7) is 4.88. The summed E-state index contributed by atoms with van der Waals surface area (Å²) in [6.07, 6.45) is 2.03. The number of hydrogen-bond acceptors (Lipinski definition) is 4. The molecule has 4 rings (SSSR count). The maximum absolute atomic E-state index is 13.1. The molecule has 1 saturated heterocycles. The number of carbonyl (C=O) groups excluding carboxylic acids is 2. The first-order valence-electron chi connectivity index (χ1n) is 12.3. The van der Waals surface area contributed by atoms with Gasteiger partial charge in [0, 0.05) is 17.9 Å². The van der Waals surface area contributed by atoms with Gasteiger partial charge in [0.1, 0.15) is 12.4 Å². The van der Waals surface area contributed by atoms with Crippen LogP contribution in [0.1, 0.15) is 39.9 Å². The van der Waals surface area contributed by atoms with Crippen LogP contribution in [0.3, 0.4) is 0 Å². The van der Waals surface area contributed by atoms with Crippen LogP contribution in [-0.4, -0.2) is 47.1 Å². The molecule has 192 valence electrons. The first-order chi connectivity index (χ1) is 17.8. The van der Waals surface area contributed by atoms with E-state index < -0.39 is 5.97 Å². The zero-order valence-corrected chi connectivity index (χ0v) is 21.0. The van der Waals surface area contributed by atoms with Crippen LogP contribution in [0.2, 0.25) is 0 Å². The lowest BCUT2D eigenvalue weighted by Gasteiger charge is -2.25. The Balaban J connectivity index is 1.31. The van der Waals surface area contributed by atoms with Gasteiger partial charge in [-0.1, -0.05) is 30.3 Å². The third kappa shape index (κ3) is 6.67. The number of hydrogen-bond donors (Lipinski definition) is 3. The number of ether oxygens (including phenoxy) is 1. The van der Waals surface area contributed by atoms with Crippen LogP contribution >= 0.6 is 0 Å². The number of carbonyl (C=O) groups is 3. The Morgan fingerprint density at radius 2 is 1.65 bits per heavy atom. The highest BCUT2D eigenvalue weighted by atomic mass is 16.5. The Morgan fingerprint density at radius 1 is 0.946 bits per heavy atom. The summed E-state index contributed by atoms with van der Waals surface area (Å²) in [7, 11) is 0. The number of nitrogens with one attached hydrogen (secondary N) is 2. The summed E-state index contributed by atoms with van der Waals surface area (Å²) in [5.41, 5.74) is 4.36. The third-order valence-electron chi connectivity index (χ3n) is 6.53. The molecule has 0 unspecified atom stereocenters. The van der Waals surface area contributed by atoms with Gasteiger partial charge < -0.3 is 25.4 Å². The summed E-state index contributed by atoms with van der Waals surface area (Å²) < 4.78 is 5.84. The molecule has 0 aliphatic carbocycles. The molecular weight excluding hydrogens is 470 g/mol. The van der Waals surface area contributed by atoms with Crippen LogP contribution in [0, 0.1) is 13.8 Å². The molecule has 0 spiro atoms. The lowest BCUT2D eigenvalue weighted by atomic mass is 10.1. The van der Waals surface area contributed by atoms with Crippen molar-refractivity contribution in [3.63, 3.8) is 0 Å². The molecule has 3 amide bonds. The van der Waals surface area contributed by atoms with Gasteiger partial charge in [-0.05, 0) is 79.8 Å². The molecular formula is C29H31N3O5. The molecule has 1 aliphatic heterocycles. The standard InChI is InChI=1S/C29H31N3O5/c1-19-6-3-4-8-25(19)30-29(36)31-26-14-9-21(16-20(26)2)17-27(33)32-15-5-7-23(32)18-37-24-12-10-22(11-13-24)28(34)35/h3-4,6,8-14,16,23H,5,7,15,17-18H2,1-2H3,(H,34,35)(H2,30,31,36)/t23-/m0/s1. The van der Waals surface area contributed by atoms with Crippen LogP contribution in [-0.2, 0) is 11.2 Å². The molecule has 0 radical (unpaired) electrons. The average Bonchev–Trinajstić information content (AvgIpc) is 3.35. The lowest BCUT2D eigenvalue weighted by molar-refractivity contribution is -0.131. The van der Waals surface area contributed by atoms with E-state index in [0.29, 0.717) is 24.6 Å². The molecule has 8 nitrogen and oxygen atoms in total. The quantitative estimate of drug-likeness (QED) is 0.390. The summed E-state index contributed by atoms with van der Waals surface area (Å²) in [6, 6.07) is 19.1. The van der Waals surface area contributed by atoms with E-state index in [4.69, 9.17) is 9.84 Å². The van der Waals surface area contributed by atoms with Gasteiger partial charge in [0.2, 0.25) is 5.91 Å². The monoisotopic (exact) mass is 501 g/mol. The predicted octanol–water partition coefficient (Wildman–Crippen LogP) is 5.26. The topological polar surface area (TPSA) is 108 Å². The van der Waals surface area contributed by atoms with Crippen molar-refractivity contribution in [3.05, 3.63) is 89.0 Å². The molecule has 3 N–H and O–H groups in total. The Hall–Kier alpha value is -4.33. The number of urea groups is 1. The van der Waals surface area contributed by atoms with Gasteiger partial charge in [-0.2, -0.15) is 0 Å². The second-order valence-corrected chi connectivity index (χ2v) is 9.24. The molecule has 3 aromatic carbocycles. The molecule has 1 heterocycles. The molecule has 1 atom stereocenters. The number of benzene rings is 3. The van der Waals surface area contributed by atoms with Crippen molar-refractivity contribution < 1.29 is 24.2 Å². The zero-order chi connectivity index (χ0) is 26.4. The number of carboxylic acid groups (broad SMARTS) is 1. The highest BCUT2D eigenvalue weighted by molar-refractivity contribution is 6.00. The maximum Gasteiger partial charge on any atom is 0.335 e. The largest absolute Gasteiger partial charge is 0.491 e. The van der Waals surface area contributed by atoms with E-state index in [2.05, 4.69) is 10.6 Å². The van der Waals surface area contributed by atoms with E-state index in [-0.39, 0.29) is 30.0 Å². The van der Waals surface area contributed by atoms with E-state index in [0.717, 1.165) is 35.2 Å². The molecule has 1 fully saturated rings. The lowest BCUT2D eigenvalue weighted by Crippen LogP contribution is -2.39.